The summed E-state index contributed by atoms with van der Waals surface area (Å²) in [4.78, 5) is 12.6. The van der Waals surface area contributed by atoms with Gasteiger partial charge in [0.25, 0.3) is 0 Å². The average Bonchev–Trinajstić information content (AvgIpc) is 3.81. The summed E-state index contributed by atoms with van der Waals surface area (Å²) in [5.74, 6) is 0.307. The van der Waals surface area contributed by atoms with Gasteiger partial charge in [-0.1, -0.05) is 152 Å². The molecule has 8 rings (SSSR count). The lowest BCUT2D eigenvalue weighted by atomic mass is 9.77. The highest BCUT2D eigenvalue weighted by atomic mass is 16.5. The van der Waals surface area contributed by atoms with Crippen LogP contribution in [-0.4, -0.2) is 37.9 Å². The summed E-state index contributed by atoms with van der Waals surface area (Å²) in [5, 5.41) is 14.8. The molecule has 0 saturated heterocycles. The quantitative estimate of drug-likeness (QED) is 0.114. The average molecular weight is 666 g/mol. The van der Waals surface area contributed by atoms with Crippen LogP contribution in [0.1, 0.15) is 38.3 Å². The number of nitrogens with zero attached hydrogens (tertiary/aromatic N) is 5. The van der Waals surface area contributed by atoms with Crippen molar-refractivity contribution in [2.45, 2.75) is 19.0 Å². The van der Waals surface area contributed by atoms with Gasteiger partial charge in [-0.2, -0.15) is 0 Å². The van der Waals surface area contributed by atoms with E-state index in [2.05, 4.69) is 132 Å². The fraction of sp³-hybridized carbons (Fsp3) is 0.0909. The van der Waals surface area contributed by atoms with E-state index in [1.807, 2.05) is 53.2 Å². The molecule has 0 unspecified atom stereocenters. The Morgan fingerprint density at radius 2 is 1.24 bits per heavy atom. The minimum atomic E-state index is -0.861. The maximum Gasteiger partial charge on any atom is 0.340 e. The van der Waals surface area contributed by atoms with Gasteiger partial charge in [-0.3, -0.25) is 0 Å². The van der Waals surface area contributed by atoms with Gasteiger partial charge in [0.15, 0.2) is 5.82 Å². The van der Waals surface area contributed by atoms with E-state index in [1.54, 1.807) is 0 Å². The highest BCUT2D eigenvalue weighted by Gasteiger charge is 2.42. The normalized spacial score (nSPS) is 11.5. The highest BCUT2D eigenvalue weighted by molar-refractivity contribution is 6.03. The number of fused-ring (bicyclic) bond motifs is 1. The molecule has 2 heterocycles. The van der Waals surface area contributed by atoms with Crippen molar-refractivity contribution in [1.82, 2.24) is 24.8 Å². The molecule has 0 saturated carbocycles. The van der Waals surface area contributed by atoms with Crippen LogP contribution in [0.25, 0.3) is 33.4 Å². The summed E-state index contributed by atoms with van der Waals surface area (Å²) < 4.78 is 9.25. The lowest BCUT2D eigenvalue weighted by Crippen LogP contribution is -2.39. The molecule has 0 N–H and O–H groups in total. The van der Waals surface area contributed by atoms with E-state index in [9.17, 15) is 4.79 Å². The maximum atomic E-state index is 12.6. The molecule has 0 atom stereocenters. The van der Waals surface area contributed by atoms with Gasteiger partial charge in [-0.05, 0) is 62.9 Å². The monoisotopic (exact) mass is 665 g/mol. The molecule has 0 spiro atoms. The lowest BCUT2D eigenvalue weighted by Gasteiger charge is -2.36. The van der Waals surface area contributed by atoms with Crippen LogP contribution in [0.2, 0.25) is 0 Å². The largest absolute Gasteiger partial charge is 0.465 e. The van der Waals surface area contributed by atoms with Gasteiger partial charge in [-0.25, -0.2) is 9.48 Å². The fourth-order valence-electron chi connectivity index (χ4n) is 7.32. The molecule has 0 fully saturated rings. The van der Waals surface area contributed by atoms with Gasteiger partial charge in [-0.15, -0.1) is 5.10 Å². The van der Waals surface area contributed by atoms with Crippen LogP contribution in [0.4, 0.5) is 0 Å². The van der Waals surface area contributed by atoms with Gasteiger partial charge in [0, 0.05) is 23.2 Å². The number of carbonyl (C=O) groups is 1. The zero-order valence-corrected chi connectivity index (χ0v) is 28.3. The van der Waals surface area contributed by atoms with Crippen LogP contribution in [-0.2, 0) is 16.8 Å². The molecular formula is C44H35N5O2. The van der Waals surface area contributed by atoms with Crippen LogP contribution in [0, 0.1) is 6.92 Å². The van der Waals surface area contributed by atoms with Gasteiger partial charge in [0.2, 0.25) is 0 Å². The Hall–Kier alpha value is -6.60. The number of hydrogen-bond donors (Lipinski definition) is 0. The molecule has 7 heteroatoms. The number of tetrazole rings is 1. The van der Waals surface area contributed by atoms with Crippen molar-refractivity contribution >= 4 is 16.9 Å². The molecule has 0 aliphatic rings. The smallest absolute Gasteiger partial charge is 0.340 e. The number of rotatable bonds is 9. The number of aromatic nitrogens is 5. The van der Waals surface area contributed by atoms with E-state index >= 15 is 0 Å². The molecule has 0 aliphatic heterocycles. The Bertz CT molecular complexity index is 2350. The number of esters is 1. The third kappa shape index (κ3) is 5.49. The lowest BCUT2D eigenvalue weighted by molar-refractivity contribution is 0.0602. The van der Waals surface area contributed by atoms with Crippen LogP contribution in [0.3, 0.4) is 0 Å². The highest BCUT2D eigenvalue weighted by Crippen LogP contribution is 2.43. The molecule has 2 aromatic heterocycles. The molecule has 6 aromatic carbocycles. The number of para-hydroxylation sites is 1. The van der Waals surface area contributed by atoms with Crippen molar-refractivity contribution in [3.05, 3.63) is 197 Å². The summed E-state index contributed by atoms with van der Waals surface area (Å²) in [6.07, 6.45) is 0. The molecule has 8 aromatic rings. The first-order valence-electron chi connectivity index (χ1n) is 16.9. The van der Waals surface area contributed by atoms with E-state index in [4.69, 9.17) is 15.0 Å². The zero-order valence-electron chi connectivity index (χ0n) is 28.3. The molecule has 7 nitrogen and oxygen atoms in total. The Morgan fingerprint density at radius 1 is 0.667 bits per heavy atom. The predicted octanol–water partition coefficient (Wildman–Crippen LogP) is 8.95. The minimum absolute atomic E-state index is 0.343. The second kappa shape index (κ2) is 13.4. The van der Waals surface area contributed by atoms with E-state index in [0.717, 1.165) is 55.5 Å². The topological polar surface area (TPSA) is 74.8 Å². The third-order valence-corrected chi connectivity index (χ3v) is 9.67. The number of ether oxygens (including phenoxy) is 1. The number of carbonyl (C=O) groups excluding carboxylic acids is 1. The van der Waals surface area contributed by atoms with E-state index in [0.29, 0.717) is 17.9 Å². The number of methoxy groups -OCH3 is 1. The van der Waals surface area contributed by atoms with Crippen LogP contribution in [0.15, 0.2) is 164 Å². The van der Waals surface area contributed by atoms with Crippen molar-refractivity contribution in [3.63, 3.8) is 0 Å². The summed E-state index contributed by atoms with van der Waals surface area (Å²) in [6.45, 7) is 2.67. The molecule has 0 aliphatic carbocycles. The molecular weight excluding hydrogens is 631 g/mol. The number of hydrogen-bond acceptors (Lipinski definition) is 5. The van der Waals surface area contributed by atoms with Gasteiger partial charge >= 0.3 is 5.97 Å². The molecule has 0 amide bonds. The van der Waals surface area contributed by atoms with E-state index < -0.39 is 5.54 Å². The maximum absolute atomic E-state index is 12.6. The number of benzene rings is 6. The Labute approximate surface area is 296 Å². The van der Waals surface area contributed by atoms with Crippen molar-refractivity contribution < 1.29 is 9.53 Å². The first-order valence-corrected chi connectivity index (χ1v) is 16.9. The standard InChI is InChI=1S/C44H35N5O2/c1-31-29-34-15-14-24-40(43(50)51-2)41(34)48(31)30-32-25-27-33(28-26-32)38-22-12-13-23-39(38)42-45-46-47-49(42)44(35-16-6-3-7-17-35,36-18-8-4-9-19-36)37-20-10-5-11-21-37/h3-29H,30H2,1-2H3. The van der Waals surface area contributed by atoms with Crippen molar-refractivity contribution in [2.24, 2.45) is 0 Å². The Kier molecular flexibility index (Phi) is 8.30. The van der Waals surface area contributed by atoms with Crippen LogP contribution >= 0.6 is 0 Å². The first-order chi connectivity index (χ1) is 25.1. The van der Waals surface area contributed by atoms with Crippen molar-refractivity contribution in [1.29, 1.82) is 0 Å². The van der Waals surface area contributed by atoms with E-state index in [1.165, 1.54) is 7.11 Å². The molecule has 0 radical (unpaired) electrons. The van der Waals surface area contributed by atoms with Gasteiger partial charge in [0.1, 0.15) is 5.54 Å². The number of aryl methyl sites for hydroxylation is 1. The summed E-state index contributed by atoms with van der Waals surface area (Å²) in [6, 6.07) is 56.0. The van der Waals surface area contributed by atoms with Crippen molar-refractivity contribution in [2.75, 3.05) is 7.11 Å². The second-order valence-corrected chi connectivity index (χ2v) is 12.6. The molecule has 51 heavy (non-hydrogen) atoms. The Balaban J connectivity index is 1.24. The van der Waals surface area contributed by atoms with Gasteiger partial charge < -0.3 is 9.30 Å². The molecule has 0 bridgehead atoms. The Morgan fingerprint density at radius 3 is 1.82 bits per heavy atom. The summed E-state index contributed by atoms with van der Waals surface area (Å²) in [5.41, 5.74) is 8.85. The fourth-order valence-corrected chi connectivity index (χ4v) is 7.32. The van der Waals surface area contributed by atoms with E-state index in [-0.39, 0.29) is 5.97 Å². The van der Waals surface area contributed by atoms with Crippen LogP contribution in [0.5, 0.6) is 0 Å². The predicted molar refractivity (Wildman–Crippen MR) is 200 cm³/mol. The summed E-state index contributed by atoms with van der Waals surface area (Å²) >= 11 is 0. The van der Waals surface area contributed by atoms with Crippen molar-refractivity contribution in [3.8, 4) is 22.5 Å². The zero-order chi connectivity index (χ0) is 34.8. The SMILES string of the molecule is COC(=O)c1cccc2cc(C)n(Cc3ccc(-c4ccccc4-c4nnnn4C(c4ccccc4)(c4ccccc4)c4ccccc4)cc3)c12. The summed E-state index contributed by atoms with van der Waals surface area (Å²) in [7, 11) is 1.42. The van der Waals surface area contributed by atoms with Crippen LogP contribution < -0.4 is 0 Å². The molecule has 248 valence electrons. The van der Waals surface area contributed by atoms with Gasteiger partial charge in [0.05, 0.1) is 18.2 Å². The third-order valence-electron chi connectivity index (χ3n) is 9.67. The minimum Gasteiger partial charge on any atom is -0.465 e. The first kappa shape index (κ1) is 31.7. The second-order valence-electron chi connectivity index (χ2n) is 12.6.